The first-order valence-electron chi connectivity index (χ1n) is 9.96. The number of aromatic nitrogens is 2. The van der Waals surface area contributed by atoms with Gasteiger partial charge in [0, 0.05) is 18.7 Å². The van der Waals surface area contributed by atoms with Crippen molar-refractivity contribution < 1.29 is 9.53 Å². The molecule has 6 heteroatoms. The molecule has 1 aromatic carbocycles. The predicted molar refractivity (Wildman–Crippen MR) is 105 cm³/mol. The highest BCUT2D eigenvalue weighted by Gasteiger charge is 2.32. The highest BCUT2D eigenvalue weighted by atomic mass is 16.5. The molecule has 2 fully saturated rings. The molecule has 1 unspecified atom stereocenters. The molecule has 1 amide bonds. The van der Waals surface area contributed by atoms with Crippen LogP contribution in [-0.2, 0) is 4.79 Å². The Kier molecular flexibility index (Phi) is 5.43. The van der Waals surface area contributed by atoms with Crippen LogP contribution < -0.4 is 4.74 Å². The summed E-state index contributed by atoms with van der Waals surface area (Å²) >= 11 is 0. The largest absolute Gasteiger partial charge is 0.497 e. The van der Waals surface area contributed by atoms with Gasteiger partial charge >= 0.3 is 0 Å². The van der Waals surface area contributed by atoms with Crippen LogP contribution in [0.5, 0.6) is 5.75 Å². The van der Waals surface area contributed by atoms with E-state index in [4.69, 9.17) is 4.74 Å². The Balaban J connectivity index is 1.52. The second-order valence-electron chi connectivity index (χ2n) is 7.50. The van der Waals surface area contributed by atoms with E-state index in [9.17, 15) is 4.79 Å². The number of rotatable bonds is 5. The number of carbonyl (C=O) groups is 1. The van der Waals surface area contributed by atoms with Crippen molar-refractivity contribution in [2.45, 2.75) is 38.1 Å². The van der Waals surface area contributed by atoms with Gasteiger partial charge < -0.3 is 9.64 Å². The summed E-state index contributed by atoms with van der Waals surface area (Å²) in [5, 5.41) is 7.52. The lowest BCUT2D eigenvalue weighted by Gasteiger charge is -2.30. The molecule has 0 aliphatic carbocycles. The normalized spacial score (nSPS) is 20.8. The SMILES string of the molecule is COc1cccc(-c2cn[nH]c2C2CCCN2CC(=O)N2CCCCC2)c1. The Morgan fingerprint density at radius 2 is 2.07 bits per heavy atom. The summed E-state index contributed by atoms with van der Waals surface area (Å²) in [5.41, 5.74) is 3.29. The molecule has 0 saturated carbocycles. The molecular formula is C21H28N4O2. The van der Waals surface area contributed by atoms with Crippen molar-refractivity contribution in [3.8, 4) is 16.9 Å². The molecule has 0 bridgehead atoms. The molecule has 2 saturated heterocycles. The van der Waals surface area contributed by atoms with E-state index in [1.165, 1.54) is 6.42 Å². The maximum atomic E-state index is 12.7. The molecule has 2 aromatic rings. The number of hydrogen-bond donors (Lipinski definition) is 1. The molecule has 1 aromatic heterocycles. The van der Waals surface area contributed by atoms with Crippen LogP contribution in [0.2, 0.25) is 0 Å². The van der Waals surface area contributed by atoms with E-state index >= 15 is 0 Å². The molecule has 0 radical (unpaired) electrons. The van der Waals surface area contributed by atoms with E-state index < -0.39 is 0 Å². The summed E-state index contributed by atoms with van der Waals surface area (Å²) in [6.45, 7) is 3.29. The van der Waals surface area contributed by atoms with E-state index in [1.54, 1.807) is 7.11 Å². The van der Waals surface area contributed by atoms with Crippen molar-refractivity contribution in [3.05, 3.63) is 36.2 Å². The van der Waals surface area contributed by atoms with Gasteiger partial charge in [0.2, 0.25) is 5.91 Å². The van der Waals surface area contributed by atoms with Gasteiger partial charge in [-0.2, -0.15) is 5.10 Å². The Bertz CT molecular complexity index is 782. The van der Waals surface area contributed by atoms with Gasteiger partial charge in [0.05, 0.1) is 31.6 Å². The molecule has 6 nitrogen and oxygen atoms in total. The van der Waals surface area contributed by atoms with Crippen molar-refractivity contribution in [1.82, 2.24) is 20.0 Å². The van der Waals surface area contributed by atoms with Crippen LogP contribution in [0.4, 0.5) is 0 Å². The standard InChI is InChI=1S/C21H28N4O2/c1-27-17-8-5-7-16(13-17)18-14-22-23-21(18)19-9-6-12-25(19)15-20(26)24-10-3-2-4-11-24/h5,7-8,13-14,19H,2-4,6,9-12,15H2,1H3,(H,22,23). The summed E-state index contributed by atoms with van der Waals surface area (Å²) in [6, 6.07) is 8.27. The van der Waals surface area contributed by atoms with Crippen LogP contribution in [0, 0.1) is 0 Å². The lowest BCUT2D eigenvalue weighted by Crippen LogP contribution is -2.42. The number of ether oxygens (including phenoxy) is 1. The average Bonchev–Trinajstić information content (AvgIpc) is 3.37. The number of nitrogens with one attached hydrogen (secondary N) is 1. The third kappa shape index (κ3) is 3.86. The number of likely N-dealkylation sites (tertiary alicyclic amines) is 2. The Morgan fingerprint density at radius 3 is 2.89 bits per heavy atom. The lowest BCUT2D eigenvalue weighted by atomic mass is 10.0. The summed E-state index contributed by atoms with van der Waals surface area (Å²) in [6.07, 6.45) is 7.55. The van der Waals surface area contributed by atoms with E-state index in [2.05, 4.69) is 21.2 Å². The van der Waals surface area contributed by atoms with Gasteiger partial charge in [0.1, 0.15) is 5.75 Å². The Labute approximate surface area is 160 Å². The topological polar surface area (TPSA) is 61.5 Å². The minimum absolute atomic E-state index is 0.211. The highest BCUT2D eigenvalue weighted by molar-refractivity contribution is 5.78. The molecule has 2 aliphatic rings. The maximum absolute atomic E-state index is 12.7. The molecule has 144 valence electrons. The number of piperidine rings is 1. The van der Waals surface area contributed by atoms with Crippen molar-refractivity contribution in [3.63, 3.8) is 0 Å². The molecule has 1 atom stereocenters. The Hall–Kier alpha value is -2.34. The maximum Gasteiger partial charge on any atom is 0.236 e. The fourth-order valence-corrected chi connectivity index (χ4v) is 4.33. The number of nitrogens with zero attached hydrogens (tertiary/aromatic N) is 3. The van der Waals surface area contributed by atoms with Gasteiger partial charge in [-0.15, -0.1) is 0 Å². The minimum Gasteiger partial charge on any atom is -0.497 e. The summed E-state index contributed by atoms with van der Waals surface area (Å²) in [7, 11) is 1.68. The minimum atomic E-state index is 0.211. The second-order valence-corrected chi connectivity index (χ2v) is 7.50. The number of hydrogen-bond acceptors (Lipinski definition) is 4. The molecule has 4 rings (SSSR count). The Morgan fingerprint density at radius 1 is 1.22 bits per heavy atom. The monoisotopic (exact) mass is 368 g/mol. The van der Waals surface area contributed by atoms with Crippen LogP contribution in [-0.4, -0.2) is 59.2 Å². The number of amides is 1. The zero-order valence-electron chi connectivity index (χ0n) is 16.0. The fraction of sp³-hybridized carbons (Fsp3) is 0.524. The first-order chi connectivity index (χ1) is 13.3. The van der Waals surface area contributed by atoms with Crippen LogP contribution in [0.15, 0.2) is 30.5 Å². The van der Waals surface area contributed by atoms with Gasteiger partial charge in [-0.1, -0.05) is 12.1 Å². The number of H-pyrrole nitrogens is 1. The predicted octanol–water partition coefficient (Wildman–Crippen LogP) is 3.23. The smallest absolute Gasteiger partial charge is 0.236 e. The summed E-state index contributed by atoms with van der Waals surface area (Å²) in [4.78, 5) is 17.1. The number of methoxy groups -OCH3 is 1. The van der Waals surface area contributed by atoms with E-state index in [-0.39, 0.29) is 11.9 Å². The van der Waals surface area contributed by atoms with E-state index in [1.807, 2.05) is 29.3 Å². The average molecular weight is 368 g/mol. The van der Waals surface area contributed by atoms with Crippen LogP contribution in [0.25, 0.3) is 11.1 Å². The first kappa shape index (κ1) is 18.0. The van der Waals surface area contributed by atoms with Crippen LogP contribution >= 0.6 is 0 Å². The van der Waals surface area contributed by atoms with Crippen molar-refractivity contribution in [2.75, 3.05) is 33.3 Å². The molecular weight excluding hydrogens is 340 g/mol. The van der Waals surface area contributed by atoms with E-state index in [0.29, 0.717) is 6.54 Å². The van der Waals surface area contributed by atoms with Gasteiger partial charge in [-0.05, 0) is 56.3 Å². The first-order valence-corrected chi connectivity index (χ1v) is 9.96. The van der Waals surface area contributed by atoms with E-state index in [0.717, 1.165) is 67.9 Å². The van der Waals surface area contributed by atoms with Crippen LogP contribution in [0.1, 0.15) is 43.8 Å². The molecule has 1 N–H and O–H groups in total. The second kappa shape index (κ2) is 8.13. The van der Waals surface area contributed by atoms with Crippen molar-refractivity contribution >= 4 is 5.91 Å². The molecule has 2 aliphatic heterocycles. The van der Waals surface area contributed by atoms with Crippen LogP contribution in [0.3, 0.4) is 0 Å². The third-order valence-electron chi connectivity index (χ3n) is 5.79. The van der Waals surface area contributed by atoms with Crippen molar-refractivity contribution in [2.24, 2.45) is 0 Å². The molecule has 3 heterocycles. The zero-order chi connectivity index (χ0) is 18.6. The third-order valence-corrected chi connectivity index (χ3v) is 5.79. The van der Waals surface area contributed by atoms with Gasteiger partial charge in [0.25, 0.3) is 0 Å². The highest BCUT2D eigenvalue weighted by Crippen LogP contribution is 2.37. The summed E-state index contributed by atoms with van der Waals surface area (Å²) in [5.74, 6) is 1.10. The number of benzene rings is 1. The van der Waals surface area contributed by atoms with Gasteiger partial charge in [-0.3, -0.25) is 14.8 Å². The zero-order valence-corrected chi connectivity index (χ0v) is 16.0. The summed E-state index contributed by atoms with van der Waals surface area (Å²) < 4.78 is 5.37. The van der Waals surface area contributed by atoms with Crippen molar-refractivity contribution in [1.29, 1.82) is 0 Å². The van der Waals surface area contributed by atoms with Gasteiger partial charge in [-0.25, -0.2) is 0 Å². The lowest BCUT2D eigenvalue weighted by molar-refractivity contribution is -0.133. The molecule has 27 heavy (non-hydrogen) atoms. The number of carbonyl (C=O) groups excluding carboxylic acids is 1. The number of aromatic amines is 1. The fourth-order valence-electron chi connectivity index (χ4n) is 4.33. The van der Waals surface area contributed by atoms with Gasteiger partial charge in [0.15, 0.2) is 0 Å². The molecule has 0 spiro atoms. The quantitative estimate of drug-likeness (QED) is 0.880.